The van der Waals surface area contributed by atoms with E-state index in [0.29, 0.717) is 36.7 Å². The standard InChI is InChI=1S/C24H26F3N7O2/c1-23(2,3)36-22(35)34-10-8-15(9-11-34)19-30-20(16-13-28-33(4)14-16)32-21(31-19)29-18-7-5-6-17(12-18)24(25,26)27/h5-8,12-14H,9-11H2,1-4H3,(H,29,30,31,32). The van der Waals surface area contributed by atoms with E-state index >= 15 is 0 Å². The molecule has 0 unspecified atom stereocenters. The molecule has 1 amide bonds. The molecule has 1 aliphatic rings. The highest BCUT2D eigenvalue weighted by atomic mass is 19.4. The molecule has 0 saturated heterocycles. The first-order valence-corrected chi connectivity index (χ1v) is 11.2. The monoisotopic (exact) mass is 501 g/mol. The molecule has 12 heteroatoms. The van der Waals surface area contributed by atoms with Crippen molar-refractivity contribution in [1.82, 2.24) is 29.6 Å². The van der Waals surface area contributed by atoms with Crippen molar-refractivity contribution in [2.75, 3.05) is 18.4 Å². The number of halogens is 3. The summed E-state index contributed by atoms with van der Waals surface area (Å²) in [6.45, 7) is 6.14. The molecule has 1 aliphatic heterocycles. The maximum atomic E-state index is 13.2. The van der Waals surface area contributed by atoms with Crippen LogP contribution in [0.3, 0.4) is 0 Å². The topological polar surface area (TPSA) is 98.1 Å². The first-order chi connectivity index (χ1) is 16.9. The van der Waals surface area contributed by atoms with Gasteiger partial charge in [0, 0.05) is 32.0 Å². The molecule has 1 N–H and O–H groups in total. The third-order valence-electron chi connectivity index (χ3n) is 5.19. The lowest BCUT2D eigenvalue weighted by Crippen LogP contribution is -2.39. The zero-order valence-electron chi connectivity index (χ0n) is 20.3. The number of carbonyl (C=O) groups is 1. The molecule has 0 radical (unpaired) electrons. The molecule has 2 aromatic heterocycles. The van der Waals surface area contributed by atoms with E-state index in [1.54, 1.807) is 49.8 Å². The number of benzene rings is 1. The summed E-state index contributed by atoms with van der Waals surface area (Å²) in [7, 11) is 1.75. The van der Waals surface area contributed by atoms with Crippen molar-refractivity contribution in [3.05, 3.63) is 54.1 Å². The van der Waals surface area contributed by atoms with E-state index in [2.05, 4.69) is 25.4 Å². The van der Waals surface area contributed by atoms with Crippen molar-refractivity contribution in [2.24, 2.45) is 7.05 Å². The van der Waals surface area contributed by atoms with Crippen LogP contribution in [-0.2, 0) is 18.0 Å². The minimum absolute atomic E-state index is 0.0913. The average molecular weight is 502 g/mol. The fraction of sp³-hybridized carbons (Fsp3) is 0.375. The van der Waals surface area contributed by atoms with Crippen molar-refractivity contribution in [1.29, 1.82) is 0 Å². The number of carbonyl (C=O) groups excluding carboxylic acids is 1. The molecule has 0 atom stereocenters. The Balaban J connectivity index is 1.64. The summed E-state index contributed by atoms with van der Waals surface area (Å²) in [5.74, 6) is 0.772. The van der Waals surface area contributed by atoms with Crippen LogP contribution >= 0.6 is 0 Å². The van der Waals surface area contributed by atoms with Gasteiger partial charge in [-0.05, 0) is 51.0 Å². The number of nitrogens with zero attached hydrogens (tertiary/aromatic N) is 6. The van der Waals surface area contributed by atoms with Gasteiger partial charge < -0.3 is 15.0 Å². The molecule has 0 spiro atoms. The number of rotatable bonds is 4. The lowest BCUT2D eigenvalue weighted by Gasteiger charge is -2.29. The second kappa shape index (κ2) is 9.59. The van der Waals surface area contributed by atoms with Crippen molar-refractivity contribution >= 4 is 23.3 Å². The Morgan fingerprint density at radius 2 is 1.86 bits per heavy atom. The van der Waals surface area contributed by atoms with Crippen LogP contribution in [0.2, 0.25) is 0 Å². The second-order valence-electron chi connectivity index (χ2n) is 9.32. The fourth-order valence-electron chi connectivity index (χ4n) is 3.51. The number of hydrogen-bond donors (Lipinski definition) is 1. The predicted molar refractivity (Wildman–Crippen MR) is 127 cm³/mol. The third kappa shape index (κ3) is 6.18. The minimum Gasteiger partial charge on any atom is -0.444 e. The Bertz CT molecular complexity index is 1300. The van der Waals surface area contributed by atoms with Gasteiger partial charge in [-0.15, -0.1) is 0 Å². The van der Waals surface area contributed by atoms with E-state index in [0.717, 1.165) is 17.7 Å². The van der Waals surface area contributed by atoms with Crippen LogP contribution in [-0.4, -0.2) is 54.4 Å². The molecular formula is C24H26F3N7O2. The Hall–Kier alpha value is -3.96. The number of alkyl halides is 3. The molecule has 0 fully saturated rings. The smallest absolute Gasteiger partial charge is 0.416 e. The fourth-order valence-corrected chi connectivity index (χ4v) is 3.51. The second-order valence-corrected chi connectivity index (χ2v) is 9.32. The van der Waals surface area contributed by atoms with Gasteiger partial charge in [0.1, 0.15) is 5.60 Å². The zero-order chi connectivity index (χ0) is 26.1. The number of nitrogens with one attached hydrogen (secondary N) is 1. The number of anilines is 2. The van der Waals surface area contributed by atoms with Crippen LogP contribution < -0.4 is 5.32 Å². The quantitative estimate of drug-likeness (QED) is 0.534. The molecule has 3 heterocycles. The number of ether oxygens (including phenoxy) is 1. The van der Waals surface area contributed by atoms with E-state index in [4.69, 9.17) is 4.74 Å². The van der Waals surface area contributed by atoms with Gasteiger partial charge >= 0.3 is 12.3 Å². The van der Waals surface area contributed by atoms with Crippen LogP contribution in [0.1, 0.15) is 38.6 Å². The summed E-state index contributed by atoms with van der Waals surface area (Å²) in [5, 5.41) is 7.01. The molecule has 36 heavy (non-hydrogen) atoms. The highest BCUT2D eigenvalue weighted by molar-refractivity contribution is 5.72. The van der Waals surface area contributed by atoms with Crippen LogP contribution in [0, 0.1) is 0 Å². The minimum atomic E-state index is -4.48. The summed E-state index contributed by atoms with van der Waals surface area (Å²) in [5.41, 5.74) is 0.214. The van der Waals surface area contributed by atoms with E-state index in [1.807, 2.05) is 6.08 Å². The van der Waals surface area contributed by atoms with Crippen LogP contribution in [0.5, 0.6) is 0 Å². The van der Waals surface area contributed by atoms with E-state index in [1.165, 1.54) is 12.1 Å². The molecule has 1 aromatic carbocycles. The highest BCUT2D eigenvalue weighted by Gasteiger charge is 2.30. The van der Waals surface area contributed by atoms with Crippen molar-refractivity contribution in [2.45, 2.75) is 39.0 Å². The summed E-state index contributed by atoms with van der Waals surface area (Å²) in [4.78, 5) is 27.4. The summed E-state index contributed by atoms with van der Waals surface area (Å²) >= 11 is 0. The van der Waals surface area contributed by atoms with Gasteiger partial charge in [0.05, 0.1) is 17.3 Å². The van der Waals surface area contributed by atoms with Crippen LogP contribution in [0.15, 0.2) is 42.7 Å². The maximum absolute atomic E-state index is 13.2. The summed E-state index contributed by atoms with van der Waals surface area (Å²) in [6.07, 6.45) is 0.744. The van der Waals surface area contributed by atoms with E-state index < -0.39 is 23.4 Å². The van der Waals surface area contributed by atoms with Gasteiger partial charge in [-0.3, -0.25) is 4.68 Å². The summed E-state index contributed by atoms with van der Waals surface area (Å²) in [6, 6.07) is 4.80. The first-order valence-electron chi connectivity index (χ1n) is 11.2. The largest absolute Gasteiger partial charge is 0.444 e. The average Bonchev–Trinajstić information content (AvgIpc) is 3.24. The number of aromatic nitrogens is 5. The van der Waals surface area contributed by atoms with E-state index in [9.17, 15) is 18.0 Å². The molecular weight excluding hydrogens is 475 g/mol. The third-order valence-corrected chi connectivity index (χ3v) is 5.19. The normalized spacial score (nSPS) is 14.4. The molecule has 0 saturated carbocycles. The van der Waals surface area contributed by atoms with Gasteiger partial charge in [0.15, 0.2) is 11.6 Å². The predicted octanol–water partition coefficient (Wildman–Crippen LogP) is 5.06. The molecule has 0 aliphatic carbocycles. The number of amides is 1. The van der Waals surface area contributed by atoms with Crippen molar-refractivity contribution in [3.63, 3.8) is 0 Å². The Labute approximate surface area is 206 Å². The highest BCUT2D eigenvalue weighted by Crippen LogP contribution is 2.31. The van der Waals surface area contributed by atoms with Gasteiger partial charge in [-0.1, -0.05) is 12.1 Å². The van der Waals surface area contributed by atoms with E-state index in [-0.39, 0.29) is 11.6 Å². The lowest BCUT2D eigenvalue weighted by atomic mass is 10.1. The SMILES string of the molecule is Cn1cc(-c2nc(Nc3cccc(C(F)(F)F)c3)nc(C3=CCN(C(=O)OC(C)(C)C)CC3)n2)cn1. The first kappa shape index (κ1) is 25.1. The van der Waals surface area contributed by atoms with Gasteiger partial charge in [-0.25, -0.2) is 9.78 Å². The lowest BCUT2D eigenvalue weighted by molar-refractivity contribution is -0.137. The molecule has 4 rings (SSSR count). The van der Waals surface area contributed by atoms with Crippen molar-refractivity contribution < 1.29 is 22.7 Å². The number of aryl methyl sites for hydroxylation is 1. The maximum Gasteiger partial charge on any atom is 0.416 e. The van der Waals surface area contributed by atoms with Gasteiger partial charge in [0.2, 0.25) is 5.95 Å². The van der Waals surface area contributed by atoms with Gasteiger partial charge in [-0.2, -0.15) is 28.2 Å². The van der Waals surface area contributed by atoms with Crippen molar-refractivity contribution in [3.8, 4) is 11.4 Å². The zero-order valence-corrected chi connectivity index (χ0v) is 20.3. The van der Waals surface area contributed by atoms with Crippen LogP contribution in [0.25, 0.3) is 17.0 Å². The molecule has 3 aromatic rings. The Morgan fingerprint density at radius 3 is 2.47 bits per heavy atom. The van der Waals surface area contributed by atoms with Crippen LogP contribution in [0.4, 0.5) is 29.6 Å². The van der Waals surface area contributed by atoms with Gasteiger partial charge in [0.25, 0.3) is 0 Å². The summed E-state index contributed by atoms with van der Waals surface area (Å²) < 4.78 is 46.5. The Morgan fingerprint density at radius 1 is 1.11 bits per heavy atom. The molecule has 190 valence electrons. The molecule has 9 nitrogen and oxygen atoms in total. The Kier molecular flexibility index (Phi) is 6.70. The molecule has 0 bridgehead atoms. The number of hydrogen-bond acceptors (Lipinski definition) is 7.